The molecule has 0 fully saturated rings. The number of amides is 1. The van der Waals surface area contributed by atoms with E-state index >= 15 is 0 Å². The molecule has 6 nitrogen and oxygen atoms in total. The van der Waals surface area contributed by atoms with Crippen LogP contribution < -0.4 is 10.6 Å². The van der Waals surface area contributed by atoms with E-state index in [9.17, 15) is 4.79 Å². The molecule has 0 atom stereocenters. The summed E-state index contributed by atoms with van der Waals surface area (Å²) in [5, 5.41) is 6.13. The minimum atomic E-state index is -0.236. The van der Waals surface area contributed by atoms with Crippen LogP contribution in [0.2, 0.25) is 0 Å². The Bertz CT molecular complexity index is 524. The average molecular weight is 334 g/mol. The van der Waals surface area contributed by atoms with Gasteiger partial charge in [-0.1, -0.05) is 30.3 Å². The molecule has 0 aliphatic heterocycles. The summed E-state index contributed by atoms with van der Waals surface area (Å²) in [5.74, 6) is 0.635. The summed E-state index contributed by atoms with van der Waals surface area (Å²) in [5.41, 5.74) is 0.915. The average Bonchev–Trinajstić information content (AvgIpc) is 2.49. The Kier molecular flexibility index (Phi) is 8.26. The van der Waals surface area contributed by atoms with E-state index in [0.717, 1.165) is 5.56 Å². The molecule has 0 aliphatic rings. The monoisotopic (exact) mass is 334 g/mol. The van der Waals surface area contributed by atoms with Crippen LogP contribution in [0, 0.1) is 0 Å². The lowest BCUT2D eigenvalue weighted by Gasteiger charge is -2.25. The van der Waals surface area contributed by atoms with Crippen LogP contribution in [0.3, 0.4) is 0 Å². The van der Waals surface area contributed by atoms with Gasteiger partial charge in [0.1, 0.15) is 0 Å². The zero-order chi connectivity index (χ0) is 18.0. The smallest absolute Gasteiger partial charge is 0.240 e. The first-order valence-electron chi connectivity index (χ1n) is 8.16. The Morgan fingerprint density at radius 1 is 1.25 bits per heavy atom. The van der Waals surface area contributed by atoms with Gasteiger partial charge in [0.2, 0.25) is 5.91 Å². The van der Waals surface area contributed by atoms with Gasteiger partial charge in [0.15, 0.2) is 5.96 Å². The molecular weight excluding hydrogens is 304 g/mol. The molecule has 6 heteroatoms. The highest BCUT2D eigenvalue weighted by Crippen LogP contribution is 2.00. The fourth-order valence-corrected chi connectivity index (χ4v) is 2.13. The van der Waals surface area contributed by atoms with Gasteiger partial charge in [-0.15, -0.1) is 0 Å². The molecule has 0 saturated heterocycles. The summed E-state index contributed by atoms with van der Waals surface area (Å²) in [4.78, 5) is 17.9. The van der Waals surface area contributed by atoms with Crippen molar-refractivity contribution in [3.05, 3.63) is 35.9 Å². The second-order valence-corrected chi connectivity index (χ2v) is 6.67. The third-order valence-corrected chi connectivity index (χ3v) is 3.11. The van der Waals surface area contributed by atoms with Crippen LogP contribution in [0.5, 0.6) is 0 Å². The van der Waals surface area contributed by atoms with Crippen LogP contribution in [-0.4, -0.2) is 56.1 Å². The van der Waals surface area contributed by atoms with Crippen molar-refractivity contribution in [1.82, 2.24) is 15.5 Å². The molecule has 1 aromatic rings. The van der Waals surface area contributed by atoms with Gasteiger partial charge in [0.05, 0.1) is 19.8 Å². The van der Waals surface area contributed by atoms with Crippen LogP contribution in [0.25, 0.3) is 0 Å². The second kappa shape index (κ2) is 9.93. The van der Waals surface area contributed by atoms with Crippen molar-refractivity contribution in [1.29, 1.82) is 0 Å². The first-order valence-corrected chi connectivity index (χ1v) is 8.16. The van der Waals surface area contributed by atoms with E-state index in [1.165, 1.54) is 0 Å². The predicted molar refractivity (Wildman–Crippen MR) is 98.0 cm³/mol. The Morgan fingerprint density at radius 2 is 1.92 bits per heavy atom. The number of rotatable bonds is 7. The number of carbonyl (C=O) groups is 1. The maximum Gasteiger partial charge on any atom is 0.240 e. The third-order valence-electron chi connectivity index (χ3n) is 3.11. The summed E-state index contributed by atoms with van der Waals surface area (Å²) in [6.07, 6.45) is 0. The van der Waals surface area contributed by atoms with Crippen LogP contribution >= 0.6 is 0 Å². The molecule has 0 aromatic heterocycles. The number of ether oxygens (including phenoxy) is 1. The van der Waals surface area contributed by atoms with Gasteiger partial charge in [0, 0.05) is 26.2 Å². The van der Waals surface area contributed by atoms with Gasteiger partial charge in [-0.25, -0.2) is 0 Å². The molecule has 0 unspecified atom stereocenters. The van der Waals surface area contributed by atoms with Gasteiger partial charge in [-0.3, -0.25) is 9.79 Å². The highest BCUT2D eigenvalue weighted by Gasteiger charge is 2.16. The molecule has 0 heterocycles. The number of carbonyl (C=O) groups excluding carboxylic acids is 1. The minimum Gasteiger partial charge on any atom is -0.375 e. The first-order chi connectivity index (χ1) is 11.3. The molecule has 0 aliphatic carbocycles. The number of hydrogen-bond acceptors (Lipinski definition) is 3. The largest absolute Gasteiger partial charge is 0.375 e. The van der Waals surface area contributed by atoms with Crippen molar-refractivity contribution in [2.75, 3.05) is 33.8 Å². The lowest BCUT2D eigenvalue weighted by atomic mass is 10.1. The molecule has 0 spiro atoms. The zero-order valence-electron chi connectivity index (χ0n) is 15.4. The van der Waals surface area contributed by atoms with E-state index < -0.39 is 0 Å². The number of guanidine groups is 1. The number of aliphatic imine (C=N–C) groups is 1. The number of nitrogens with zero attached hydrogens (tertiary/aromatic N) is 2. The summed E-state index contributed by atoms with van der Waals surface area (Å²) in [7, 11) is 3.54. The van der Waals surface area contributed by atoms with Crippen molar-refractivity contribution < 1.29 is 9.53 Å². The third kappa shape index (κ3) is 8.53. The summed E-state index contributed by atoms with van der Waals surface area (Å²) in [6, 6.07) is 10.1. The van der Waals surface area contributed by atoms with Crippen molar-refractivity contribution in [3.8, 4) is 0 Å². The maximum atomic E-state index is 12.0. The van der Waals surface area contributed by atoms with Gasteiger partial charge < -0.3 is 20.3 Å². The molecular formula is C18H30N4O2. The normalized spacial score (nSPS) is 12.0. The molecule has 24 heavy (non-hydrogen) atoms. The highest BCUT2D eigenvalue weighted by atomic mass is 16.5. The van der Waals surface area contributed by atoms with E-state index in [2.05, 4.69) is 15.6 Å². The SMILES string of the molecule is CN=C(NCCOCc1ccccc1)N(C)CC(=O)NC(C)(C)C. The fourth-order valence-electron chi connectivity index (χ4n) is 2.13. The predicted octanol–water partition coefficient (Wildman–Crippen LogP) is 1.63. The van der Waals surface area contributed by atoms with E-state index in [-0.39, 0.29) is 18.0 Å². The minimum absolute atomic E-state index is 0.0340. The Morgan fingerprint density at radius 3 is 2.50 bits per heavy atom. The van der Waals surface area contributed by atoms with Gasteiger partial charge in [-0.2, -0.15) is 0 Å². The Hall–Kier alpha value is -2.08. The number of nitrogens with one attached hydrogen (secondary N) is 2. The number of hydrogen-bond donors (Lipinski definition) is 2. The maximum absolute atomic E-state index is 12.0. The molecule has 1 rings (SSSR count). The fraction of sp³-hybridized carbons (Fsp3) is 0.556. The Labute approximate surface area is 145 Å². The standard InChI is InChI=1S/C18H30N4O2/c1-18(2,3)21-16(23)13-22(5)17(19-4)20-11-12-24-14-15-9-7-6-8-10-15/h6-10H,11-14H2,1-5H3,(H,19,20)(H,21,23). The van der Waals surface area contributed by atoms with Gasteiger partial charge in [-0.05, 0) is 26.3 Å². The molecule has 0 saturated carbocycles. The summed E-state index contributed by atoms with van der Waals surface area (Å²) in [6.45, 7) is 7.92. The van der Waals surface area contributed by atoms with Crippen molar-refractivity contribution in [2.45, 2.75) is 32.9 Å². The number of benzene rings is 1. The molecule has 2 N–H and O–H groups in total. The lowest BCUT2D eigenvalue weighted by Crippen LogP contribution is -2.49. The van der Waals surface area contributed by atoms with E-state index in [0.29, 0.717) is 25.7 Å². The van der Waals surface area contributed by atoms with Gasteiger partial charge in [0.25, 0.3) is 0 Å². The van der Waals surface area contributed by atoms with E-state index in [1.807, 2.05) is 58.2 Å². The topological polar surface area (TPSA) is 66.0 Å². The molecule has 0 bridgehead atoms. The number of likely N-dealkylation sites (N-methyl/N-ethyl adjacent to an activating group) is 1. The van der Waals surface area contributed by atoms with Crippen molar-refractivity contribution in [2.24, 2.45) is 4.99 Å². The van der Waals surface area contributed by atoms with Crippen LogP contribution in [0.15, 0.2) is 35.3 Å². The zero-order valence-corrected chi connectivity index (χ0v) is 15.4. The summed E-state index contributed by atoms with van der Waals surface area (Å²) < 4.78 is 5.63. The van der Waals surface area contributed by atoms with Crippen molar-refractivity contribution in [3.63, 3.8) is 0 Å². The second-order valence-electron chi connectivity index (χ2n) is 6.67. The molecule has 134 valence electrons. The highest BCUT2D eigenvalue weighted by molar-refractivity contribution is 5.86. The quantitative estimate of drug-likeness (QED) is 0.452. The van der Waals surface area contributed by atoms with Crippen LogP contribution in [0.4, 0.5) is 0 Å². The van der Waals surface area contributed by atoms with E-state index in [4.69, 9.17) is 4.74 Å². The van der Waals surface area contributed by atoms with Crippen molar-refractivity contribution >= 4 is 11.9 Å². The summed E-state index contributed by atoms with van der Waals surface area (Å²) >= 11 is 0. The lowest BCUT2D eigenvalue weighted by molar-refractivity contribution is -0.122. The first kappa shape index (κ1) is 20.0. The molecule has 1 amide bonds. The van der Waals surface area contributed by atoms with Gasteiger partial charge >= 0.3 is 0 Å². The molecule has 1 aromatic carbocycles. The van der Waals surface area contributed by atoms with Crippen LogP contribution in [-0.2, 0) is 16.1 Å². The van der Waals surface area contributed by atoms with E-state index in [1.54, 1.807) is 11.9 Å². The Balaban J connectivity index is 2.27. The molecule has 0 radical (unpaired) electrons. The van der Waals surface area contributed by atoms with Crippen LogP contribution in [0.1, 0.15) is 26.3 Å².